The molecule has 0 radical (unpaired) electrons. The largest absolute Gasteiger partial charge is 0.310 e. The maximum atomic E-state index is 5.07. The molecule has 59 heavy (non-hydrogen) atoms. The molecule has 10 rings (SSSR count). The summed E-state index contributed by atoms with van der Waals surface area (Å²) in [6.45, 7) is 6.45. The lowest BCUT2D eigenvalue weighted by Gasteiger charge is -2.26. The Hall–Kier alpha value is -7.56. The van der Waals surface area contributed by atoms with E-state index in [4.69, 9.17) is 9.97 Å². The van der Waals surface area contributed by atoms with Gasteiger partial charge < -0.3 is 9.47 Å². The molecule has 0 saturated heterocycles. The standard InChI is InChI=1S/C55H42N4/c1-37-18-25-44(26-19-37)58(45-27-20-38(2)21-28-45)47-31-33-54-50(35-47)49-16-10-11-17-53(49)59(54)46-29-22-40(23-30-46)48-32-24-43(34-39(48)3)52-36-51(41-12-6-4-7-13-41)56-55(57-52)42-14-8-5-9-15-42/h4-36H,1-3H3. The van der Waals surface area contributed by atoms with E-state index in [2.05, 4.69) is 194 Å². The molecular formula is C55H42N4. The number of aromatic nitrogens is 3. The van der Waals surface area contributed by atoms with Crippen LogP contribution in [0.2, 0.25) is 0 Å². The van der Waals surface area contributed by atoms with Crippen molar-refractivity contribution in [3.05, 3.63) is 217 Å². The fourth-order valence-corrected chi connectivity index (χ4v) is 8.22. The van der Waals surface area contributed by atoms with E-state index < -0.39 is 0 Å². The maximum absolute atomic E-state index is 5.07. The number of hydrogen-bond donors (Lipinski definition) is 0. The molecule has 0 amide bonds. The van der Waals surface area contributed by atoms with Crippen molar-refractivity contribution in [3.63, 3.8) is 0 Å². The van der Waals surface area contributed by atoms with Crippen LogP contribution in [0, 0.1) is 20.8 Å². The van der Waals surface area contributed by atoms with Gasteiger partial charge in [-0.1, -0.05) is 139 Å². The van der Waals surface area contributed by atoms with Crippen LogP contribution in [-0.4, -0.2) is 14.5 Å². The topological polar surface area (TPSA) is 34.0 Å². The monoisotopic (exact) mass is 758 g/mol. The molecule has 0 aliphatic carbocycles. The number of anilines is 3. The molecule has 2 heterocycles. The fourth-order valence-electron chi connectivity index (χ4n) is 8.22. The SMILES string of the molecule is Cc1ccc(N(c2ccc(C)cc2)c2ccc3c(c2)c2ccccc2n3-c2ccc(-c3ccc(-c4cc(-c5ccccc5)nc(-c5ccccc5)n4)cc3C)cc2)cc1. The predicted octanol–water partition coefficient (Wildman–Crippen LogP) is 14.6. The third-order valence-electron chi connectivity index (χ3n) is 11.3. The molecule has 0 atom stereocenters. The van der Waals surface area contributed by atoms with E-state index in [0.717, 1.165) is 56.7 Å². The van der Waals surface area contributed by atoms with Gasteiger partial charge in [0, 0.05) is 50.2 Å². The summed E-state index contributed by atoms with van der Waals surface area (Å²) in [5, 5.41) is 2.44. The van der Waals surface area contributed by atoms with Crippen molar-refractivity contribution in [2.75, 3.05) is 4.90 Å². The normalized spacial score (nSPS) is 11.3. The first-order valence-electron chi connectivity index (χ1n) is 20.2. The zero-order chi connectivity index (χ0) is 39.9. The third-order valence-corrected chi connectivity index (χ3v) is 11.3. The summed E-state index contributed by atoms with van der Waals surface area (Å²) in [4.78, 5) is 12.4. The molecule has 0 aliphatic heterocycles. The molecule has 8 aromatic carbocycles. The lowest BCUT2D eigenvalue weighted by molar-refractivity contribution is 1.18. The molecule has 0 spiro atoms. The van der Waals surface area contributed by atoms with Gasteiger partial charge in [-0.2, -0.15) is 0 Å². The molecular weight excluding hydrogens is 717 g/mol. The minimum atomic E-state index is 0.718. The summed E-state index contributed by atoms with van der Waals surface area (Å²) in [5.74, 6) is 0.718. The molecule has 0 bridgehead atoms. The van der Waals surface area contributed by atoms with Crippen LogP contribution in [0.25, 0.3) is 72.5 Å². The van der Waals surface area contributed by atoms with Gasteiger partial charge in [-0.15, -0.1) is 0 Å². The van der Waals surface area contributed by atoms with Crippen LogP contribution in [-0.2, 0) is 0 Å². The van der Waals surface area contributed by atoms with E-state index >= 15 is 0 Å². The molecule has 0 fully saturated rings. The number of para-hydroxylation sites is 1. The summed E-state index contributed by atoms with van der Waals surface area (Å²) in [6, 6.07) is 71.4. The Morgan fingerprint density at radius 1 is 0.390 bits per heavy atom. The Labute approximate surface area is 345 Å². The summed E-state index contributed by atoms with van der Waals surface area (Å²) < 4.78 is 2.39. The van der Waals surface area contributed by atoms with Gasteiger partial charge >= 0.3 is 0 Å². The molecule has 0 N–H and O–H groups in total. The van der Waals surface area contributed by atoms with Crippen molar-refractivity contribution in [1.82, 2.24) is 14.5 Å². The van der Waals surface area contributed by atoms with Crippen molar-refractivity contribution in [3.8, 4) is 50.7 Å². The van der Waals surface area contributed by atoms with Crippen LogP contribution in [0.1, 0.15) is 16.7 Å². The van der Waals surface area contributed by atoms with Crippen molar-refractivity contribution < 1.29 is 0 Å². The zero-order valence-corrected chi connectivity index (χ0v) is 33.3. The Morgan fingerprint density at radius 2 is 0.932 bits per heavy atom. The Bertz CT molecular complexity index is 2990. The van der Waals surface area contributed by atoms with Gasteiger partial charge in [0.1, 0.15) is 0 Å². The van der Waals surface area contributed by atoms with E-state index in [0.29, 0.717) is 0 Å². The predicted molar refractivity (Wildman–Crippen MR) is 247 cm³/mol. The molecule has 4 nitrogen and oxygen atoms in total. The first kappa shape index (κ1) is 35.8. The second kappa shape index (κ2) is 15.1. The number of benzene rings is 8. The quantitative estimate of drug-likeness (QED) is 0.155. The van der Waals surface area contributed by atoms with Crippen molar-refractivity contribution >= 4 is 38.9 Å². The maximum Gasteiger partial charge on any atom is 0.160 e. The summed E-state index contributed by atoms with van der Waals surface area (Å²) in [6.07, 6.45) is 0. The van der Waals surface area contributed by atoms with E-state index in [9.17, 15) is 0 Å². The molecule has 4 heteroatoms. The van der Waals surface area contributed by atoms with Gasteiger partial charge in [-0.05, 0) is 110 Å². The van der Waals surface area contributed by atoms with Gasteiger partial charge in [0.25, 0.3) is 0 Å². The van der Waals surface area contributed by atoms with Crippen LogP contribution in [0.5, 0.6) is 0 Å². The molecule has 10 aromatic rings. The molecule has 0 aliphatic rings. The van der Waals surface area contributed by atoms with E-state index in [-0.39, 0.29) is 0 Å². The fraction of sp³-hybridized carbons (Fsp3) is 0.0545. The Balaban J connectivity index is 1.01. The first-order valence-corrected chi connectivity index (χ1v) is 20.2. The lowest BCUT2D eigenvalue weighted by Crippen LogP contribution is -2.09. The van der Waals surface area contributed by atoms with E-state index in [1.807, 2.05) is 36.4 Å². The number of aryl methyl sites for hydroxylation is 3. The first-order chi connectivity index (χ1) is 29.0. The van der Waals surface area contributed by atoms with Crippen LogP contribution in [0.3, 0.4) is 0 Å². The van der Waals surface area contributed by atoms with Gasteiger partial charge in [-0.3, -0.25) is 0 Å². The molecule has 2 aromatic heterocycles. The third kappa shape index (κ3) is 6.85. The van der Waals surface area contributed by atoms with Crippen molar-refractivity contribution in [2.45, 2.75) is 20.8 Å². The number of rotatable bonds is 8. The molecule has 0 saturated carbocycles. The highest BCUT2D eigenvalue weighted by atomic mass is 15.1. The van der Waals surface area contributed by atoms with Gasteiger partial charge in [0.05, 0.1) is 22.4 Å². The highest BCUT2D eigenvalue weighted by Gasteiger charge is 2.18. The van der Waals surface area contributed by atoms with Gasteiger partial charge in [-0.25, -0.2) is 9.97 Å². The van der Waals surface area contributed by atoms with E-state index in [1.165, 1.54) is 49.6 Å². The van der Waals surface area contributed by atoms with Gasteiger partial charge in [0.15, 0.2) is 5.82 Å². The highest BCUT2D eigenvalue weighted by molar-refractivity contribution is 6.10. The van der Waals surface area contributed by atoms with Crippen molar-refractivity contribution in [2.24, 2.45) is 0 Å². The summed E-state index contributed by atoms with van der Waals surface area (Å²) in [5.41, 5.74) is 17.8. The summed E-state index contributed by atoms with van der Waals surface area (Å²) >= 11 is 0. The minimum Gasteiger partial charge on any atom is -0.310 e. The smallest absolute Gasteiger partial charge is 0.160 e. The van der Waals surface area contributed by atoms with Gasteiger partial charge in [0.2, 0.25) is 0 Å². The second-order valence-electron chi connectivity index (χ2n) is 15.3. The van der Waals surface area contributed by atoms with E-state index in [1.54, 1.807) is 0 Å². The molecule has 282 valence electrons. The van der Waals surface area contributed by atoms with Crippen molar-refractivity contribution in [1.29, 1.82) is 0 Å². The Morgan fingerprint density at radius 3 is 1.58 bits per heavy atom. The Kier molecular flexibility index (Phi) is 9.15. The highest BCUT2D eigenvalue weighted by Crippen LogP contribution is 2.40. The minimum absolute atomic E-state index is 0.718. The van der Waals surface area contributed by atoms with Crippen LogP contribution in [0.4, 0.5) is 17.1 Å². The number of nitrogens with zero attached hydrogens (tertiary/aromatic N) is 4. The zero-order valence-electron chi connectivity index (χ0n) is 33.3. The number of fused-ring (bicyclic) bond motifs is 3. The second-order valence-corrected chi connectivity index (χ2v) is 15.3. The van der Waals surface area contributed by atoms with Crippen LogP contribution >= 0.6 is 0 Å². The summed E-state index contributed by atoms with van der Waals surface area (Å²) in [7, 11) is 0. The average Bonchev–Trinajstić information content (AvgIpc) is 3.62. The van der Waals surface area contributed by atoms with Crippen LogP contribution in [0.15, 0.2) is 200 Å². The molecule has 0 unspecified atom stereocenters. The average molecular weight is 759 g/mol. The van der Waals surface area contributed by atoms with Crippen LogP contribution < -0.4 is 4.90 Å². The number of hydrogen-bond acceptors (Lipinski definition) is 3. The lowest BCUT2D eigenvalue weighted by atomic mass is 9.96.